The fraction of sp³-hybridized carbons (Fsp3) is 0.409. The summed E-state index contributed by atoms with van der Waals surface area (Å²) >= 11 is 6.00. The lowest BCUT2D eigenvalue weighted by Crippen LogP contribution is -2.55. The molecular weight excluding hydrogens is 386 g/mol. The smallest absolute Gasteiger partial charge is 0.253 e. The number of nitrogens with zero attached hydrogens (tertiary/aromatic N) is 3. The van der Waals surface area contributed by atoms with E-state index in [2.05, 4.69) is 27.9 Å². The number of carbonyl (C=O) groups excluding carboxylic acids is 1. The lowest BCUT2D eigenvalue weighted by Gasteiger charge is -2.37. The summed E-state index contributed by atoms with van der Waals surface area (Å²) in [5.41, 5.74) is 9.90. The maximum Gasteiger partial charge on any atom is 0.253 e. The third-order valence-corrected chi connectivity index (χ3v) is 6.08. The van der Waals surface area contributed by atoms with Gasteiger partial charge >= 0.3 is 0 Å². The molecule has 2 saturated heterocycles. The van der Waals surface area contributed by atoms with Crippen molar-refractivity contribution in [1.82, 2.24) is 20.7 Å². The van der Waals surface area contributed by atoms with E-state index in [0.29, 0.717) is 0 Å². The number of hydrogen-bond acceptors (Lipinski definition) is 5. The maximum atomic E-state index is 12.8. The van der Waals surface area contributed by atoms with Crippen LogP contribution >= 0.6 is 11.6 Å². The van der Waals surface area contributed by atoms with Crippen molar-refractivity contribution in [2.45, 2.75) is 18.6 Å². The lowest BCUT2D eigenvalue weighted by molar-refractivity contribution is 0.0545. The molecule has 0 radical (unpaired) electrons. The first-order chi connectivity index (χ1) is 14.0. The first-order valence-corrected chi connectivity index (χ1v) is 10.5. The van der Waals surface area contributed by atoms with E-state index in [0.717, 1.165) is 48.9 Å². The van der Waals surface area contributed by atoms with Crippen LogP contribution in [0.1, 0.15) is 28.4 Å². The fourth-order valence-electron chi connectivity index (χ4n) is 4.01. The fourth-order valence-corrected chi connectivity index (χ4v) is 4.14. The van der Waals surface area contributed by atoms with E-state index in [1.807, 2.05) is 60.3 Å². The highest BCUT2D eigenvalue weighted by Gasteiger charge is 2.32. The number of anilines is 1. The van der Waals surface area contributed by atoms with Crippen molar-refractivity contribution < 1.29 is 4.79 Å². The van der Waals surface area contributed by atoms with Crippen LogP contribution in [0.3, 0.4) is 0 Å². The number of piperazine rings is 1. The molecule has 2 aromatic carbocycles. The largest absolute Gasteiger partial charge is 0.378 e. The monoisotopic (exact) mass is 413 g/mol. The Balaban J connectivity index is 1.30. The standard InChI is InChI=1S/C22H28ClN5O/c1-26(2)19-9-5-17(6-10-19)22(29)28-13-11-27(12-14-28)21-15-20(24-25-21)16-3-7-18(23)8-4-16/h3-10,20-21,24-25H,11-15H2,1-2H3. The average Bonchev–Trinajstić information content (AvgIpc) is 3.24. The maximum absolute atomic E-state index is 12.8. The van der Waals surface area contributed by atoms with E-state index < -0.39 is 0 Å². The highest BCUT2D eigenvalue weighted by atomic mass is 35.5. The molecule has 2 aromatic rings. The van der Waals surface area contributed by atoms with Gasteiger partial charge in [0, 0.05) is 62.6 Å². The van der Waals surface area contributed by atoms with Gasteiger partial charge in [-0.05, 0) is 48.4 Å². The molecule has 2 fully saturated rings. The zero-order chi connectivity index (χ0) is 20.4. The SMILES string of the molecule is CN(C)c1ccc(C(=O)N2CCN(C3CC(c4ccc(Cl)cc4)NN3)CC2)cc1. The van der Waals surface area contributed by atoms with Crippen LogP contribution in [0.4, 0.5) is 5.69 Å². The molecule has 2 heterocycles. The van der Waals surface area contributed by atoms with Gasteiger partial charge in [0.1, 0.15) is 0 Å². The van der Waals surface area contributed by atoms with Crippen molar-refractivity contribution >= 4 is 23.2 Å². The highest BCUT2D eigenvalue weighted by molar-refractivity contribution is 6.30. The topological polar surface area (TPSA) is 50.9 Å². The molecule has 4 rings (SSSR count). The molecule has 2 aliphatic heterocycles. The number of amides is 1. The molecule has 0 aliphatic carbocycles. The van der Waals surface area contributed by atoms with E-state index in [9.17, 15) is 4.79 Å². The van der Waals surface area contributed by atoms with Crippen LogP contribution in [0, 0.1) is 0 Å². The predicted octanol–water partition coefficient (Wildman–Crippen LogP) is 2.73. The summed E-state index contributed by atoms with van der Waals surface area (Å²) in [5, 5.41) is 0.758. The van der Waals surface area contributed by atoms with Gasteiger partial charge in [0.2, 0.25) is 0 Å². The van der Waals surface area contributed by atoms with Crippen LogP contribution in [0.2, 0.25) is 5.02 Å². The van der Waals surface area contributed by atoms with E-state index in [-0.39, 0.29) is 18.1 Å². The van der Waals surface area contributed by atoms with Crippen molar-refractivity contribution in [3.8, 4) is 0 Å². The summed E-state index contributed by atoms with van der Waals surface area (Å²) < 4.78 is 0. The second-order valence-corrected chi connectivity index (χ2v) is 8.35. The molecular formula is C22H28ClN5O. The average molecular weight is 414 g/mol. The van der Waals surface area contributed by atoms with E-state index in [4.69, 9.17) is 11.6 Å². The Morgan fingerprint density at radius 1 is 0.966 bits per heavy atom. The number of hydrogen-bond donors (Lipinski definition) is 2. The summed E-state index contributed by atoms with van der Waals surface area (Å²) in [7, 11) is 4.00. The van der Waals surface area contributed by atoms with Gasteiger partial charge in [-0.25, -0.2) is 10.9 Å². The minimum Gasteiger partial charge on any atom is -0.378 e. The molecule has 2 unspecified atom stereocenters. The van der Waals surface area contributed by atoms with Crippen molar-refractivity contribution in [2.24, 2.45) is 0 Å². The van der Waals surface area contributed by atoms with Crippen molar-refractivity contribution in [2.75, 3.05) is 45.2 Å². The normalized spacial score (nSPS) is 22.7. The zero-order valence-corrected chi connectivity index (χ0v) is 17.7. The molecule has 2 atom stereocenters. The summed E-state index contributed by atoms with van der Waals surface area (Å²) in [4.78, 5) is 19.2. The van der Waals surface area contributed by atoms with Gasteiger partial charge in [-0.1, -0.05) is 23.7 Å². The van der Waals surface area contributed by atoms with E-state index in [1.165, 1.54) is 5.56 Å². The first-order valence-electron chi connectivity index (χ1n) is 10.1. The molecule has 0 saturated carbocycles. The molecule has 1 amide bonds. The predicted molar refractivity (Wildman–Crippen MR) is 117 cm³/mol. The Bertz CT molecular complexity index is 831. The Kier molecular flexibility index (Phi) is 6.06. The Morgan fingerprint density at radius 3 is 2.24 bits per heavy atom. The molecule has 2 aliphatic rings. The second kappa shape index (κ2) is 8.71. The number of carbonyl (C=O) groups is 1. The lowest BCUT2D eigenvalue weighted by atomic mass is 10.0. The van der Waals surface area contributed by atoms with Crippen molar-refractivity contribution in [1.29, 1.82) is 0 Å². The zero-order valence-electron chi connectivity index (χ0n) is 16.9. The van der Waals surface area contributed by atoms with Crippen molar-refractivity contribution in [3.05, 3.63) is 64.7 Å². The highest BCUT2D eigenvalue weighted by Crippen LogP contribution is 2.25. The van der Waals surface area contributed by atoms with E-state index in [1.54, 1.807) is 0 Å². The van der Waals surface area contributed by atoms with Crippen LogP contribution in [-0.2, 0) is 0 Å². The molecule has 29 heavy (non-hydrogen) atoms. The number of benzene rings is 2. The Labute approximate surface area is 177 Å². The molecule has 154 valence electrons. The summed E-state index contributed by atoms with van der Waals surface area (Å²) in [6.07, 6.45) is 1.26. The molecule has 0 spiro atoms. The summed E-state index contributed by atoms with van der Waals surface area (Å²) in [6, 6.07) is 16.1. The van der Waals surface area contributed by atoms with Gasteiger partial charge in [-0.2, -0.15) is 0 Å². The number of nitrogens with one attached hydrogen (secondary N) is 2. The number of hydrazine groups is 1. The van der Waals surface area contributed by atoms with Crippen LogP contribution in [0.25, 0.3) is 0 Å². The van der Waals surface area contributed by atoms with Gasteiger partial charge in [0.15, 0.2) is 0 Å². The van der Waals surface area contributed by atoms with Gasteiger partial charge in [0.25, 0.3) is 5.91 Å². The van der Waals surface area contributed by atoms with Crippen LogP contribution in [-0.4, -0.2) is 62.1 Å². The third-order valence-electron chi connectivity index (χ3n) is 5.83. The van der Waals surface area contributed by atoms with Gasteiger partial charge in [-0.3, -0.25) is 9.69 Å². The molecule has 0 bridgehead atoms. The first kappa shape index (κ1) is 20.2. The Morgan fingerprint density at radius 2 is 1.62 bits per heavy atom. The van der Waals surface area contributed by atoms with Gasteiger partial charge < -0.3 is 9.80 Å². The number of rotatable bonds is 4. The minimum absolute atomic E-state index is 0.117. The summed E-state index contributed by atoms with van der Waals surface area (Å²) in [6.45, 7) is 3.23. The quantitative estimate of drug-likeness (QED) is 0.807. The number of halogens is 1. The second-order valence-electron chi connectivity index (χ2n) is 7.91. The molecule has 6 nitrogen and oxygen atoms in total. The van der Waals surface area contributed by atoms with Gasteiger partial charge in [0.05, 0.1) is 6.17 Å². The van der Waals surface area contributed by atoms with Crippen LogP contribution < -0.4 is 15.8 Å². The van der Waals surface area contributed by atoms with Gasteiger partial charge in [-0.15, -0.1) is 0 Å². The Hall–Kier alpha value is -2.12. The molecule has 7 heteroatoms. The molecule has 0 aromatic heterocycles. The van der Waals surface area contributed by atoms with Crippen LogP contribution in [0.15, 0.2) is 48.5 Å². The third kappa shape index (κ3) is 4.56. The van der Waals surface area contributed by atoms with E-state index >= 15 is 0 Å². The summed E-state index contributed by atoms with van der Waals surface area (Å²) in [5.74, 6) is 0.117. The van der Waals surface area contributed by atoms with Crippen molar-refractivity contribution in [3.63, 3.8) is 0 Å². The minimum atomic E-state index is 0.117. The van der Waals surface area contributed by atoms with Crippen LogP contribution in [0.5, 0.6) is 0 Å². The molecule has 2 N–H and O–H groups in total.